The number of hydrogen-bond donors (Lipinski definition) is 1. The van der Waals surface area contributed by atoms with Gasteiger partial charge >= 0.3 is 0 Å². The second-order valence-electron chi connectivity index (χ2n) is 5.51. The van der Waals surface area contributed by atoms with Gasteiger partial charge in [-0.3, -0.25) is 5.32 Å². The minimum Gasteiger partial charge on any atom is -0.490 e. The molecule has 108 valence electrons. The van der Waals surface area contributed by atoms with Crippen molar-refractivity contribution in [3.8, 4) is 11.8 Å². The number of hydrogen-bond acceptors (Lipinski definition) is 3. The van der Waals surface area contributed by atoms with Gasteiger partial charge < -0.3 is 4.74 Å². The number of nitrogens with zero attached hydrogens (tertiary/aromatic N) is 1. The summed E-state index contributed by atoms with van der Waals surface area (Å²) in [7, 11) is 0. The molecule has 0 amide bonds. The van der Waals surface area contributed by atoms with Crippen molar-refractivity contribution in [3.05, 3.63) is 29.6 Å². The maximum atomic E-state index is 13.2. The lowest BCUT2D eigenvalue weighted by Gasteiger charge is -2.22. The average molecular weight is 276 g/mol. The summed E-state index contributed by atoms with van der Waals surface area (Å²) in [6.07, 6.45) is 3.35. The van der Waals surface area contributed by atoms with Gasteiger partial charge in [-0.05, 0) is 56.5 Å². The molecule has 20 heavy (non-hydrogen) atoms. The molecule has 0 spiro atoms. The summed E-state index contributed by atoms with van der Waals surface area (Å²) < 4.78 is 19.1. The zero-order valence-electron chi connectivity index (χ0n) is 12.1. The van der Waals surface area contributed by atoms with E-state index in [0.29, 0.717) is 17.7 Å². The number of aryl methyl sites for hydroxylation is 1. The van der Waals surface area contributed by atoms with E-state index in [1.807, 2.05) is 0 Å². The molecular weight excluding hydrogens is 255 g/mol. The van der Waals surface area contributed by atoms with Crippen molar-refractivity contribution in [2.24, 2.45) is 0 Å². The topological polar surface area (TPSA) is 45.0 Å². The van der Waals surface area contributed by atoms with E-state index in [1.54, 1.807) is 19.1 Å². The normalized spacial score (nSPS) is 25.4. The van der Waals surface area contributed by atoms with Crippen molar-refractivity contribution in [2.45, 2.75) is 51.2 Å². The number of benzene rings is 1. The highest BCUT2D eigenvalue weighted by molar-refractivity contribution is 5.29. The summed E-state index contributed by atoms with van der Waals surface area (Å²) in [5, 5.41) is 12.7. The van der Waals surface area contributed by atoms with Crippen LogP contribution in [0.2, 0.25) is 0 Å². The molecule has 2 atom stereocenters. The molecule has 1 aliphatic carbocycles. The molecular formula is C16H21FN2O. The maximum absolute atomic E-state index is 13.2. The van der Waals surface area contributed by atoms with Crippen molar-refractivity contribution in [1.29, 1.82) is 5.26 Å². The molecule has 2 unspecified atom stereocenters. The van der Waals surface area contributed by atoms with E-state index in [9.17, 15) is 9.65 Å². The average Bonchev–Trinajstić information content (AvgIpc) is 2.85. The van der Waals surface area contributed by atoms with Gasteiger partial charge in [0.05, 0.1) is 6.07 Å². The van der Waals surface area contributed by atoms with Crippen molar-refractivity contribution >= 4 is 0 Å². The summed E-state index contributed by atoms with van der Waals surface area (Å²) in [5.74, 6) is 0.456. The molecule has 0 saturated heterocycles. The van der Waals surface area contributed by atoms with Gasteiger partial charge in [0.1, 0.15) is 23.2 Å². The Morgan fingerprint density at radius 3 is 3.00 bits per heavy atom. The number of nitriles is 1. The Bertz CT molecular complexity index is 512. The van der Waals surface area contributed by atoms with Gasteiger partial charge in [0.25, 0.3) is 0 Å². The minimum atomic E-state index is -0.463. The molecule has 1 aromatic carbocycles. The highest BCUT2D eigenvalue weighted by atomic mass is 19.1. The summed E-state index contributed by atoms with van der Waals surface area (Å²) in [6.45, 7) is 4.65. The standard InChI is InChI=1S/C16H21FN2O/c1-3-8-19-16(11-18)7-6-14(10-16)20-13-4-5-15(17)12(2)9-13/h4-5,9,14,19H,3,6-8,10H2,1-2H3. The van der Waals surface area contributed by atoms with Gasteiger partial charge in [0, 0.05) is 6.42 Å². The molecule has 0 aromatic heterocycles. The monoisotopic (exact) mass is 276 g/mol. The van der Waals surface area contributed by atoms with Crippen molar-refractivity contribution in [2.75, 3.05) is 6.54 Å². The van der Waals surface area contributed by atoms with Crippen LogP contribution >= 0.6 is 0 Å². The number of ether oxygens (including phenoxy) is 1. The fraction of sp³-hybridized carbons (Fsp3) is 0.562. The Labute approximate surface area is 119 Å². The van der Waals surface area contributed by atoms with Crippen LogP contribution in [-0.4, -0.2) is 18.2 Å². The first-order valence-electron chi connectivity index (χ1n) is 7.17. The van der Waals surface area contributed by atoms with Crippen LogP contribution in [0.1, 0.15) is 38.2 Å². The van der Waals surface area contributed by atoms with Crippen molar-refractivity contribution in [1.82, 2.24) is 5.32 Å². The van der Waals surface area contributed by atoms with Crippen LogP contribution in [-0.2, 0) is 0 Å². The first-order chi connectivity index (χ1) is 9.58. The van der Waals surface area contributed by atoms with Gasteiger partial charge in [-0.1, -0.05) is 6.92 Å². The Hall–Kier alpha value is -1.60. The molecule has 0 bridgehead atoms. The van der Waals surface area contributed by atoms with E-state index >= 15 is 0 Å². The first-order valence-corrected chi connectivity index (χ1v) is 7.17. The van der Waals surface area contributed by atoms with E-state index in [2.05, 4.69) is 18.3 Å². The van der Waals surface area contributed by atoms with Crippen molar-refractivity contribution in [3.63, 3.8) is 0 Å². The molecule has 0 aliphatic heterocycles. The van der Waals surface area contributed by atoms with Crippen molar-refractivity contribution < 1.29 is 9.13 Å². The van der Waals surface area contributed by atoms with Gasteiger partial charge in [0.15, 0.2) is 0 Å². The Morgan fingerprint density at radius 2 is 2.35 bits per heavy atom. The number of nitrogens with one attached hydrogen (secondary N) is 1. The largest absolute Gasteiger partial charge is 0.490 e. The van der Waals surface area contributed by atoms with E-state index < -0.39 is 5.54 Å². The van der Waals surface area contributed by atoms with Gasteiger partial charge in [-0.25, -0.2) is 4.39 Å². The highest BCUT2D eigenvalue weighted by Crippen LogP contribution is 2.32. The predicted molar refractivity (Wildman–Crippen MR) is 76.0 cm³/mol. The Balaban J connectivity index is 1.98. The van der Waals surface area contributed by atoms with E-state index in [-0.39, 0.29) is 11.9 Å². The molecule has 0 radical (unpaired) electrons. The smallest absolute Gasteiger partial charge is 0.126 e. The summed E-state index contributed by atoms with van der Waals surface area (Å²) >= 11 is 0. The Morgan fingerprint density at radius 1 is 1.55 bits per heavy atom. The molecule has 1 aromatic rings. The van der Waals surface area contributed by atoms with Gasteiger partial charge in [0.2, 0.25) is 0 Å². The zero-order valence-corrected chi connectivity index (χ0v) is 12.1. The van der Waals surface area contributed by atoms with Crippen LogP contribution in [0.3, 0.4) is 0 Å². The molecule has 4 heteroatoms. The second-order valence-corrected chi connectivity index (χ2v) is 5.51. The fourth-order valence-corrected chi connectivity index (χ4v) is 2.65. The third-order valence-electron chi connectivity index (χ3n) is 3.83. The first kappa shape index (κ1) is 14.8. The lowest BCUT2D eigenvalue weighted by molar-refractivity contribution is 0.200. The molecule has 3 nitrogen and oxygen atoms in total. The van der Waals surface area contributed by atoms with Crippen LogP contribution in [0.5, 0.6) is 5.75 Å². The Kier molecular flexibility index (Phi) is 4.61. The van der Waals surface area contributed by atoms with E-state index in [0.717, 1.165) is 25.8 Å². The number of rotatable bonds is 5. The quantitative estimate of drug-likeness (QED) is 0.897. The van der Waals surface area contributed by atoms with Gasteiger partial charge in [-0.2, -0.15) is 5.26 Å². The third kappa shape index (κ3) is 3.29. The summed E-state index contributed by atoms with van der Waals surface area (Å²) in [5.41, 5.74) is 0.117. The summed E-state index contributed by atoms with van der Waals surface area (Å²) in [6, 6.07) is 7.18. The van der Waals surface area contributed by atoms with E-state index in [4.69, 9.17) is 4.74 Å². The minimum absolute atomic E-state index is 0.0175. The maximum Gasteiger partial charge on any atom is 0.126 e. The predicted octanol–water partition coefficient (Wildman–Crippen LogP) is 3.33. The van der Waals surface area contributed by atoms with Crippen LogP contribution in [0.15, 0.2) is 18.2 Å². The molecule has 1 aliphatic rings. The molecule has 0 heterocycles. The number of halogens is 1. The van der Waals surface area contributed by atoms with Crippen LogP contribution in [0, 0.1) is 24.1 Å². The van der Waals surface area contributed by atoms with Crippen LogP contribution in [0.25, 0.3) is 0 Å². The molecule has 1 fully saturated rings. The highest BCUT2D eigenvalue weighted by Gasteiger charge is 2.40. The molecule has 1 saturated carbocycles. The zero-order chi connectivity index (χ0) is 14.6. The second kappa shape index (κ2) is 6.23. The van der Waals surface area contributed by atoms with E-state index in [1.165, 1.54) is 6.07 Å². The molecule has 2 rings (SSSR count). The lowest BCUT2D eigenvalue weighted by atomic mass is 9.99. The third-order valence-corrected chi connectivity index (χ3v) is 3.83. The molecule has 1 N–H and O–H groups in total. The SMILES string of the molecule is CCCNC1(C#N)CCC(Oc2ccc(F)c(C)c2)C1. The fourth-order valence-electron chi connectivity index (χ4n) is 2.65. The van der Waals surface area contributed by atoms with Crippen LogP contribution in [0.4, 0.5) is 4.39 Å². The summed E-state index contributed by atoms with van der Waals surface area (Å²) in [4.78, 5) is 0. The lowest BCUT2D eigenvalue weighted by Crippen LogP contribution is -2.42. The van der Waals surface area contributed by atoms with Gasteiger partial charge in [-0.15, -0.1) is 0 Å². The van der Waals surface area contributed by atoms with Crippen LogP contribution < -0.4 is 10.1 Å².